The van der Waals surface area contributed by atoms with E-state index in [-0.39, 0.29) is 11.3 Å². The van der Waals surface area contributed by atoms with Crippen molar-refractivity contribution in [2.24, 2.45) is 7.05 Å². The molecule has 0 aliphatic heterocycles. The lowest BCUT2D eigenvalue weighted by molar-refractivity contribution is 0.0988. The molecule has 0 radical (unpaired) electrons. The summed E-state index contributed by atoms with van der Waals surface area (Å²) in [7, 11) is 3.18. The average Bonchev–Trinajstić information content (AvgIpc) is 2.60. The van der Waals surface area contributed by atoms with Gasteiger partial charge >= 0.3 is 0 Å². The van der Waals surface area contributed by atoms with Crippen LogP contribution in [0.15, 0.2) is 53.3 Å². The summed E-state index contributed by atoms with van der Waals surface area (Å²) in [5, 5.41) is 11.1. The largest absolute Gasteiger partial charge is 0.506 e. The number of carbonyl (C=O) groups is 1. The van der Waals surface area contributed by atoms with Crippen LogP contribution in [0, 0.1) is 6.92 Å². The lowest BCUT2D eigenvalue weighted by Crippen LogP contribution is -2.34. The number of hydrogen-bond acceptors (Lipinski definition) is 3. The van der Waals surface area contributed by atoms with E-state index < -0.39 is 11.5 Å². The fourth-order valence-electron chi connectivity index (χ4n) is 2.77. The number of aryl methyl sites for hydroxylation is 2. The van der Waals surface area contributed by atoms with Crippen LogP contribution in [0.1, 0.15) is 15.9 Å². The van der Waals surface area contributed by atoms with Gasteiger partial charge in [-0.3, -0.25) is 9.59 Å². The van der Waals surface area contributed by atoms with Crippen LogP contribution in [0.5, 0.6) is 5.75 Å². The van der Waals surface area contributed by atoms with Crippen molar-refractivity contribution in [3.8, 4) is 5.75 Å². The van der Waals surface area contributed by atoms with Gasteiger partial charge in [-0.25, -0.2) is 0 Å². The molecular weight excluding hydrogens is 304 g/mol. The molecule has 3 rings (SSSR count). The van der Waals surface area contributed by atoms with Crippen LogP contribution >= 0.6 is 0 Å². The Hall–Kier alpha value is -3.08. The smallest absolute Gasteiger partial charge is 0.267 e. The van der Waals surface area contributed by atoms with E-state index in [0.717, 1.165) is 5.56 Å². The van der Waals surface area contributed by atoms with Crippen LogP contribution in [-0.4, -0.2) is 22.6 Å². The van der Waals surface area contributed by atoms with Gasteiger partial charge in [0.1, 0.15) is 11.3 Å². The summed E-state index contributed by atoms with van der Waals surface area (Å²) in [5.41, 5.74) is 1.43. The number of aromatic nitrogens is 1. The second-order valence-corrected chi connectivity index (χ2v) is 5.81. The molecular formula is C19H18N2O3. The Morgan fingerprint density at radius 3 is 2.46 bits per heavy atom. The summed E-state index contributed by atoms with van der Waals surface area (Å²) in [6.45, 7) is 1.89. The number of para-hydroxylation sites is 1. The molecule has 0 saturated heterocycles. The highest BCUT2D eigenvalue weighted by molar-refractivity contribution is 6.10. The normalized spacial score (nSPS) is 10.8. The highest BCUT2D eigenvalue weighted by Gasteiger charge is 2.24. The summed E-state index contributed by atoms with van der Waals surface area (Å²) < 4.78 is 1.39. The summed E-state index contributed by atoms with van der Waals surface area (Å²) in [6, 6.07) is 14.4. The number of fused-ring (bicyclic) bond motifs is 1. The van der Waals surface area contributed by atoms with Crippen LogP contribution in [0.2, 0.25) is 0 Å². The van der Waals surface area contributed by atoms with Crippen molar-refractivity contribution in [2.45, 2.75) is 6.92 Å². The molecule has 0 fully saturated rings. The number of amides is 1. The first kappa shape index (κ1) is 15.8. The number of aromatic hydroxyl groups is 1. The maximum Gasteiger partial charge on any atom is 0.267 e. The SMILES string of the molecule is Cc1ccc2c(c1)c(O)c(C(=O)N(C)c1ccccc1)c(=O)n2C. The first-order chi connectivity index (χ1) is 11.4. The van der Waals surface area contributed by atoms with Gasteiger partial charge in [-0.15, -0.1) is 0 Å². The van der Waals surface area contributed by atoms with Crippen molar-refractivity contribution >= 4 is 22.5 Å². The first-order valence-electron chi connectivity index (χ1n) is 7.57. The molecule has 0 atom stereocenters. The monoisotopic (exact) mass is 322 g/mol. The molecule has 3 aromatic rings. The molecule has 1 heterocycles. The van der Waals surface area contributed by atoms with E-state index in [1.807, 2.05) is 19.1 Å². The van der Waals surface area contributed by atoms with E-state index in [1.54, 1.807) is 50.5 Å². The standard InChI is InChI=1S/C19H18N2O3/c1-12-9-10-15-14(11-12)17(22)16(19(24)21(15)3)18(23)20(2)13-7-5-4-6-8-13/h4-11,22H,1-3H3. The van der Waals surface area contributed by atoms with Crippen LogP contribution < -0.4 is 10.5 Å². The molecule has 0 bridgehead atoms. The Kier molecular flexibility index (Phi) is 3.85. The minimum absolute atomic E-state index is 0.220. The van der Waals surface area contributed by atoms with Gasteiger partial charge in [0.2, 0.25) is 0 Å². The summed E-state index contributed by atoms with van der Waals surface area (Å²) in [4.78, 5) is 26.8. The quantitative estimate of drug-likeness (QED) is 0.789. The molecule has 0 saturated carbocycles. The van der Waals surface area contributed by atoms with Gasteiger partial charge in [0.15, 0.2) is 0 Å². The minimum Gasteiger partial charge on any atom is -0.506 e. The number of anilines is 1. The lowest BCUT2D eigenvalue weighted by atomic mass is 10.1. The maximum atomic E-state index is 12.8. The number of rotatable bonds is 2. The Bertz CT molecular complexity index is 991. The second-order valence-electron chi connectivity index (χ2n) is 5.81. The fourth-order valence-corrected chi connectivity index (χ4v) is 2.77. The van der Waals surface area contributed by atoms with Crippen LogP contribution in [0.3, 0.4) is 0 Å². The van der Waals surface area contributed by atoms with Gasteiger partial charge in [0.25, 0.3) is 11.5 Å². The number of carbonyl (C=O) groups excluding carboxylic acids is 1. The highest BCUT2D eigenvalue weighted by atomic mass is 16.3. The molecule has 5 heteroatoms. The highest BCUT2D eigenvalue weighted by Crippen LogP contribution is 2.28. The molecule has 0 unspecified atom stereocenters. The zero-order valence-electron chi connectivity index (χ0n) is 13.8. The fraction of sp³-hybridized carbons (Fsp3) is 0.158. The maximum absolute atomic E-state index is 12.8. The number of hydrogen-bond donors (Lipinski definition) is 1. The van der Waals surface area contributed by atoms with Gasteiger partial charge < -0.3 is 14.6 Å². The van der Waals surface area contributed by atoms with Gasteiger partial charge in [-0.1, -0.05) is 29.8 Å². The lowest BCUT2D eigenvalue weighted by Gasteiger charge is -2.19. The molecule has 1 N–H and O–H groups in total. The molecule has 24 heavy (non-hydrogen) atoms. The second kappa shape index (κ2) is 5.85. The molecule has 0 aliphatic rings. The van der Waals surface area contributed by atoms with Gasteiger partial charge in [-0.05, 0) is 31.2 Å². The summed E-state index contributed by atoms with van der Waals surface area (Å²) in [6.07, 6.45) is 0. The van der Waals surface area contributed by atoms with E-state index in [9.17, 15) is 14.7 Å². The zero-order valence-corrected chi connectivity index (χ0v) is 13.8. The van der Waals surface area contributed by atoms with E-state index in [0.29, 0.717) is 16.6 Å². The Labute approximate surface area is 139 Å². The topological polar surface area (TPSA) is 62.5 Å². The predicted octanol–water partition coefficient (Wildman–Crippen LogP) is 2.83. The predicted molar refractivity (Wildman–Crippen MR) is 94.8 cm³/mol. The molecule has 0 spiro atoms. The third kappa shape index (κ3) is 2.44. The van der Waals surface area contributed by atoms with Crippen molar-refractivity contribution in [3.63, 3.8) is 0 Å². The van der Waals surface area contributed by atoms with E-state index in [2.05, 4.69) is 0 Å². The van der Waals surface area contributed by atoms with Crippen molar-refractivity contribution in [2.75, 3.05) is 11.9 Å². The Balaban J connectivity index is 2.23. The Morgan fingerprint density at radius 1 is 1.12 bits per heavy atom. The van der Waals surface area contributed by atoms with Crippen molar-refractivity contribution in [1.82, 2.24) is 4.57 Å². The molecule has 122 valence electrons. The van der Waals surface area contributed by atoms with Crippen LogP contribution in [-0.2, 0) is 7.05 Å². The van der Waals surface area contributed by atoms with Gasteiger partial charge in [0, 0.05) is 25.2 Å². The zero-order chi connectivity index (χ0) is 17.4. The third-order valence-electron chi connectivity index (χ3n) is 4.19. The van der Waals surface area contributed by atoms with Crippen LogP contribution in [0.4, 0.5) is 5.69 Å². The molecule has 1 aromatic heterocycles. The summed E-state index contributed by atoms with van der Waals surface area (Å²) >= 11 is 0. The first-order valence-corrected chi connectivity index (χ1v) is 7.57. The van der Waals surface area contributed by atoms with E-state index >= 15 is 0 Å². The van der Waals surface area contributed by atoms with Gasteiger partial charge in [0.05, 0.1) is 5.52 Å². The van der Waals surface area contributed by atoms with E-state index in [4.69, 9.17) is 0 Å². The van der Waals surface area contributed by atoms with Gasteiger partial charge in [-0.2, -0.15) is 0 Å². The van der Waals surface area contributed by atoms with Crippen molar-refractivity contribution in [3.05, 3.63) is 70.0 Å². The van der Waals surface area contributed by atoms with Crippen LogP contribution in [0.25, 0.3) is 10.9 Å². The van der Waals surface area contributed by atoms with Crippen molar-refractivity contribution in [1.29, 1.82) is 0 Å². The molecule has 5 nitrogen and oxygen atoms in total. The summed E-state index contributed by atoms with van der Waals surface area (Å²) in [5.74, 6) is -0.813. The number of benzene rings is 2. The van der Waals surface area contributed by atoms with E-state index in [1.165, 1.54) is 9.47 Å². The number of pyridine rings is 1. The molecule has 1 amide bonds. The van der Waals surface area contributed by atoms with Crippen molar-refractivity contribution < 1.29 is 9.90 Å². The molecule has 2 aromatic carbocycles. The Morgan fingerprint density at radius 2 is 1.79 bits per heavy atom. The third-order valence-corrected chi connectivity index (χ3v) is 4.19. The average molecular weight is 322 g/mol. The molecule has 0 aliphatic carbocycles. The number of nitrogens with zero attached hydrogens (tertiary/aromatic N) is 2. The minimum atomic E-state index is -0.539.